The number of anilines is 1. The lowest BCUT2D eigenvalue weighted by molar-refractivity contribution is -0.127. The number of sulfone groups is 1. The van der Waals surface area contributed by atoms with E-state index in [1.165, 1.54) is 24.3 Å². The zero-order valence-corrected chi connectivity index (χ0v) is 27.7. The lowest BCUT2D eigenvalue weighted by Crippen LogP contribution is -2.63. The van der Waals surface area contributed by atoms with E-state index in [4.69, 9.17) is 0 Å². The number of carbonyl (C=O) groups is 1. The van der Waals surface area contributed by atoms with Crippen LogP contribution in [0.15, 0.2) is 64.8 Å². The normalized spacial score (nSPS) is 18.8. The molecule has 1 N–H and O–H groups in total. The Morgan fingerprint density at radius 1 is 1.13 bits per heavy atom. The van der Waals surface area contributed by atoms with E-state index in [0.717, 1.165) is 16.7 Å². The summed E-state index contributed by atoms with van der Waals surface area (Å²) in [6.07, 6.45) is 2.21. The highest BCUT2D eigenvalue weighted by atomic mass is 32.2. The maximum Gasteiger partial charge on any atom is 0.355 e. The number of para-hydroxylation sites is 1. The third kappa shape index (κ3) is 5.11. The van der Waals surface area contributed by atoms with Crippen LogP contribution in [0, 0.1) is 18.6 Å². The Kier molecular flexibility index (Phi) is 7.39. The Balaban J connectivity index is 1.68. The number of amides is 1. The van der Waals surface area contributed by atoms with Gasteiger partial charge in [-0.25, -0.2) is 31.5 Å². The molecule has 45 heavy (non-hydrogen) atoms. The summed E-state index contributed by atoms with van der Waals surface area (Å²) in [6, 6.07) is 9.21. The van der Waals surface area contributed by atoms with Crippen molar-refractivity contribution in [1.82, 2.24) is 19.4 Å². The Labute approximate surface area is 261 Å². The van der Waals surface area contributed by atoms with Gasteiger partial charge < -0.3 is 14.9 Å². The van der Waals surface area contributed by atoms with Crippen molar-refractivity contribution in [3.05, 3.63) is 82.8 Å². The van der Waals surface area contributed by atoms with Crippen LogP contribution in [-0.4, -0.2) is 79.2 Å². The third-order valence-electron chi connectivity index (χ3n) is 8.37. The number of phenolic OH excluding ortho intramolecular Hbond substituents is 1. The Morgan fingerprint density at radius 3 is 2.49 bits per heavy atom. The number of phenols is 1. The molecule has 3 heterocycles. The number of rotatable bonds is 6. The molecule has 4 aromatic rings. The van der Waals surface area contributed by atoms with Gasteiger partial charge in [-0.2, -0.15) is 4.98 Å². The van der Waals surface area contributed by atoms with Gasteiger partial charge in [-0.1, -0.05) is 24.8 Å². The van der Waals surface area contributed by atoms with Crippen molar-refractivity contribution in [3.63, 3.8) is 0 Å². The maximum absolute atomic E-state index is 16.0. The van der Waals surface area contributed by atoms with Crippen LogP contribution in [0.3, 0.4) is 0 Å². The molecule has 0 unspecified atom stereocenters. The molecule has 14 heteroatoms. The Morgan fingerprint density at radius 2 is 1.84 bits per heavy atom. The molecule has 0 spiro atoms. The summed E-state index contributed by atoms with van der Waals surface area (Å²) in [5, 5.41) is 9.34. The number of piperazine rings is 1. The summed E-state index contributed by atoms with van der Waals surface area (Å²) in [5.41, 5.74) is -1.64. The molecule has 10 nitrogen and oxygen atoms in total. The van der Waals surface area contributed by atoms with Gasteiger partial charge in [0.15, 0.2) is 21.3 Å². The lowest BCUT2D eigenvalue weighted by Gasteiger charge is -2.48. The number of nitrogens with zero attached hydrogens (tertiary/aromatic N) is 5. The summed E-state index contributed by atoms with van der Waals surface area (Å²) >= 11 is 0. The van der Waals surface area contributed by atoms with Gasteiger partial charge in [0, 0.05) is 35.0 Å². The maximum atomic E-state index is 16.0. The van der Waals surface area contributed by atoms with Gasteiger partial charge in [-0.05, 0) is 62.6 Å². The zero-order chi connectivity index (χ0) is 32.4. The average Bonchev–Trinajstić information content (AvgIpc) is 3.83. The summed E-state index contributed by atoms with van der Waals surface area (Å²) < 4.78 is 59.2. The minimum atomic E-state index is -3.84. The SMILES string of the molecule is C=CC(=O)N1CCN(c2nc(=O)n(-c3c(C)cccc3S(=O)(=O)C3CC3)c3nc(-c4c(O)cccc4F)c(F)cc23)[C@@](C)([SiH3])C1. The van der Waals surface area contributed by atoms with Crippen molar-refractivity contribution < 1.29 is 27.1 Å². The summed E-state index contributed by atoms with van der Waals surface area (Å²) in [5.74, 6) is -2.62. The molecule has 2 fully saturated rings. The van der Waals surface area contributed by atoms with Crippen molar-refractivity contribution >= 4 is 42.8 Å². The number of carbonyl (C=O) groups excluding carboxylic acids is 1. The molecule has 1 saturated carbocycles. The van der Waals surface area contributed by atoms with Crippen LogP contribution in [0.2, 0.25) is 0 Å². The Bertz CT molecular complexity index is 2060. The van der Waals surface area contributed by atoms with Gasteiger partial charge in [0.2, 0.25) is 5.91 Å². The van der Waals surface area contributed by atoms with Gasteiger partial charge in [-0.3, -0.25) is 4.79 Å². The first-order valence-corrected chi connectivity index (χ1v) is 16.9. The number of pyridine rings is 1. The molecule has 234 valence electrons. The molecule has 1 aliphatic heterocycles. The predicted octanol–water partition coefficient (Wildman–Crippen LogP) is 2.59. The number of hydrogen-bond donors (Lipinski definition) is 1. The summed E-state index contributed by atoms with van der Waals surface area (Å²) in [4.78, 5) is 38.8. The minimum absolute atomic E-state index is 0.0243. The summed E-state index contributed by atoms with van der Waals surface area (Å²) in [6.45, 7) is 7.95. The summed E-state index contributed by atoms with van der Waals surface area (Å²) in [7, 11) is -3.34. The topological polar surface area (TPSA) is 126 Å². The van der Waals surface area contributed by atoms with Crippen molar-refractivity contribution in [2.24, 2.45) is 0 Å². The van der Waals surface area contributed by atoms with Crippen LogP contribution < -0.4 is 10.6 Å². The first-order chi connectivity index (χ1) is 21.3. The van der Waals surface area contributed by atoms with Gasteiger partial charge >= 0.3 is 5.69 Å². The van der Waals surface area contributed by atoms with Crippen molar-refractivity contribution in [3.8, 4) is 22.7 Å². The number of aromatic nitrogens is 3. The molecule has 2 aliphatic rings. The highest BCUT2D eigenvalue weighted by Gasteiger charge is 2.40. The number of fused-ring (bicyclic) bond motifs is 1. The quantitative estimate of drug-likeness (QED) is 0.249. The van der Waals surface area contributed by atoms with Crippen molar-refractivity contribution in [2.75, 3.05) is 24.5 Å². The second-order valence-corrected chi connectivity index (χ2v) is 16.3. The number of hydrogen-bond acceptors (Lipinski definition) is 8. The average molecular weight is 652 g/mol. The van der Waals surface area contributed by atoms with Crippen molar-refractivity contribution in [2.45, 2.75) is 42.0 Å². The number of benzene rings is 2. The third-order valence-corrected chi connectivity index (χ3v) is 11.5. The predicted molar refractivity (Wildman–Crippen MR) is 170 cm³/mol. The lowest BCUT2D eigenvalue weighted by atomic mass is 10.1. The molecule has 1 atom stereocenters. The van der Waals surface area contributed by atoms with E-state index in [0.29, 0.717) is 35.2 Å². The smallest absolute Gasteiger partial charge is 0.355 e. The molecular weight excluding hydrogens is 621 g/mol. The van der Waals surface area contributed by atoms with Gasteiger partial charge in [0.05, 0.1) is 26.8 Å². The molecule has 1 saturated heterocycles. The second-order valence-electron chi connectivity index (χ2n) is 12.0. The Hall–Kier alpha value is -4.43. The highest BCUT2D eigenvalue weighted by Crippen LogP contribution is 2.40. The second kappa shape index (κ2) is 10.9. The van der Waals surface area contributed by atoms with Crippen LogP contribution in [0.4, 0.5) is 14.6 Å². The van der Waals surface area contributed by atoms with Gasteiger partial charge in [0.1, 0.15) is 23.1 Å². The van der Waals surface area contributed by atoms with Crippen LogP contribution in [0.5, 0.6) is 5.75 Å². The molecule has 0 radical (unpaired) electrons. The first-order valence-electron chi connectivity index (χ1n) is 14.4. The van der Waals surface area contributed by atoms with Gasteiger partial charge in [-0.15, -0.1) is 0 Å². The van der Waals surface area contributed by atoms with Crippen LogP contribution in [-0.2, 0) is 14.6 Å². The standard InChI is InChI=1S/C31H31F2N5O5SSi/c1-4-24(40)36-13-14-37(31(3,45)16-36)28-19-15-21(33)26(25-20(32)8-6-9-22(25)39)34-29(19)38(30(41)35-28)27-17(2)7-5-10-23(27)44(42,43)18-11-12-18/h4-10,15,18,39H,1,11-14,16H2,2-3,45H3/t31-/m0/s1. The van der Waals surface area contributed by atoms with E-state index < -0.39 is 54.6 Å². The monoisotopic (exact) mass is 651 g/mol. The molecule has 1 amide bonds. The van der Waals surface area contributed by atoms with Crippen LogP contribution >= 0.6 is 0 Å². The fourth-order valence-electron chi connectivity index (χ4n) is 6.01. The van der Waals surface area contributed by atoms with E-state index in [-0.39, 0.29) is 46.4 Å². The van der Waals surface area contributed by atoms with E-state index in [1.54, 1.807) is 24.0 Å². The fourth-order valence-corrected chi connectivity index (χ4v) is 8.73. The molecule has 6 rings (SSSR count). The van der Waals surface area contributed by atoms with Crippen LogP contribution in [0.25, 0.3) is 28.0 Å². The zero-order valence-electron chi connectivity index (χ0n) is 24.9. The van der Waals surface area contributed by atoms with E-state index in [1.807, 2.05) is 11.8 Å². The first kappa shape index (κ1) is 30.6. The van der Waals surface area contributed by atoms with E-state index in [2.05, 4.69) is 16.5 Å². The molecule has 2 aromatic heterocycles. The largest absolute Gasteiger partial charge is 0.507 e. The molecule has 1 aliphatic carbocycles. The molecule has 2 aromatic carbocycles. The molecule has 0 bridgehead atoms. The highest BCUT2D eigenvalue weighted by molar-refractivity contribution is 7.92. The number of halogens is 2. The van der Waals surface area contributed by atoms with Gasteiger partial charge in [0.25, 0.3) is 0 Å². The number of aromatic hydroxyl groups is 1. The minimum Gasteiger partial charge on any atom is -0.507 e. The fraction of sp³-hybridized carbons (Fsp3) is 0.290. The van der Waals surface area contributed by atoms with E-state index >= 15 is 8.78 Å². The van der Waals surface area contributed by atoms with Crippen molar-refractivity contribution in [1.29, 1.82) is 0 Å². The van der Waals surface area contributed by atoms with E-state index in [9.17, 15) is 23.1 Å². The molecular formula is C31H31F2N5O5SSi. The van der Waals surface area contributed by atoms with Crippen LogP contribution in [0.1, 0.15) is 25.3 Å². The number of aryl methyl sites for hydroxylation is 1.